The molecule has 1 aliphatic heterocycles. The summed E-state index contributed by atoms with van der Waals surface area (Å²) in [6, 6.07) is 0. The number of aliphatic imine (C=N–C) groups is 1. The van der Waals surface area contributed by atoms with E-state index in [1.54, 1.807) is 0 Å². The first-order valence-corrected chi connectivity index (χ1v) is 3.58. The Morgan fingerprint density at radius 2 is 2.56 bits per heavy atom. The van der Waals surface area contributed by atoms with E-state index in [0.29, 0.717) is 4.62 Å². The van der Waals surface area contributed by atoms with Crippen LogP contribution in [0.4, 0.5) is 4.39 Å². The number of hydrogen-bond donors (Lipinski definition) is 0. The van der Waals surface area contributed by atoms with Gasteiger partial charge in [-0.25, -0.2) is 4.99 Å². The summed E-state index contributed by atoms with van der Waals surface area (Å²) in [4.78, 5) is 3.56. The highest BCUT2D eigenvalue weighted by atomic mass is 79.9. The van der Waals surface area contributed by atoms with E-state index in [1.165, 1.54) is 6.08 Å². The van der Waals surface area contributed by atoms with E-state index < -0.39 is 0 Å². The van der Waals surface area contributed by atoms with Gasteiger partial charge in [0.15, 0.2) is 0 Å². The third-order valence-electron chi connectivity index (χ3n) is 1.14. The van der Waals surface area contributed by atoms with Crippen LogP contribution >= 0.6 is 15.9 Å². The lowest BCUT2D eigenvalue weighted by molar-refractivity contribution is 0.591. The molecule has 1 rings (SSSR count). The SMILES string of the molecule is CC1C=C(F)N=C(Br)C1. The molecule has 0 aromatic carbocycles. The van der Waals surface area contributed by atoms with Crippen LogP contribution in [0.2, 0.25) is 0 Å². The number of allylic oxidation sites excluding steroid dienone is 1. The number of hydrogen-bond acceptors (Lipinski definition) is 1. The Hall–Kier alpha value is -0.180. The fourth-order valence-electron chi connectivity index (χ4n) is 0.758. The molecule has 0 saturated heterocycles. The van der Waals surface area contributed by atoms with Crippen molar-refractivity contribution < 1.29 is 4.39 Å². The molecule has 0 aromatic heterocycles. The van der Waals surface area contributed by atoms with Gasteiger partial charge in [-0.3, -0.25) is 0 Å². The normalized spacial score (nSPS) is 27.2. The van der Waals surface area contributed by atoms with Crippen molar-refractivity contribution in [1.29, 1.82) is 0 Å². The largest absolute Gasteiger partial charge is 0.218 e. The van der Waals surface area contributed by atoms with Crippen molar-refractivity contribution in [3.8, 4) is 0 Å². The summed E-state index contributed by atoms with van der Waals surface area (Å²) in [6.07, 6.45) is 2.33. The molecular formula is C6H7BrFN. The molecular weight excluding hydrogens is 185 g/mol. The summed E-state index contributed by atoms with van der Waals surface area (Å²) in [6.45, 7) is 1.95. The average molecular weight is 192 g/mol. The summed E-state index contributed by atoms with van der Waals surface area (Å²) in [5, 5.41) is 0. The van der Waals surface area contributed by atoms with E-state index in [1.807, 2.05) is 6.92 Å². The lowest BCUT2D eigenvalue weighted by Gasteiger charge is -2.08. The van der Waals surface area contributed by atoms with E-state index in [2.05, 4.69) is 20.9 Å². The van der Waals surface area contributed by atoms with Crippen LogP contribution in [-0.4, -0.2) is 4.62 Å². The molecule has 0 N–H and O–H groups in total. The highest BCUT2D eigenvalue weighted by Crippen LogP contribution is 2.19. The second-order valence-electron chi connectivity index (χ2n) is 2.16. The Morgan fingerprint density at radius 3 is 3.00 bits per heavy atom. The van der Waals surface area contributed by atoms with Gasteiger partial charge in [0.25, 0.3) is 0 Å². The third kappa shape index (κ3) is 1.90. The molecule has 1 unspecified atom stereocenters. The van der Waals surface area contributed by atoms with Crippen molar-refractivity contribution in [2.45, 2.75) is 13.3 Å². The van der Waals surface area contributed by atoms with E-state index in [0.717, 1.165) is 6.42 Å². The second-order valence-corrected chi connectivity index (χ2v) is 3.07. The Labute approximate surface area is 61.8 Å². The molecule has 1 nitrogen and oxygen atoms in total. The van der Waals surface area contributed by atoms with Crippen LogP contribution in [-0.2, 0) is 0 Å². The lowest BCUT2D eigenvalue weighted by Crippen LogP contribution is -2.01. The van der Waals surface area contributed by atoms with Gasteiger partial charge in [0.1, 0.15) is 0 Å². The molecule has 1 atom stereocenters. The van der Waals surface area contributed by atoms with Crippen molar-refractivity contribution in [1.82, 2.24) is 0 Å². The lowest BCUT2D eigenvalue weighted by atomic mass is 10.1. The van der Waals surface area contributed by atoms with Crippen LogP contribution in [0.1, 0.15) is 13.3 Å². The number of halogens is 2. The van der Waals surface area contributed by atoms with Gasteiger partial charge in [-0.05, 0) is 27.9 Å². The molecule has 0 amide bonds. The zero-order valence-electron chi connectivity index (χ0n) is 5.06. The second kappa shape index (κ2) is 2.60. The fourth-order valence-corrected chi connectivity index (χ4v) is 1.44. The predicted octanol–water partition coefficient (Wildman–Crippen LogP) is 2.63. The van der Waals surface area contributed by atoms with Gasteiger partial charge in [0.05, 0.1) is 4.62 Å². The van der Waals surface area contributed by atoms with Crippen molar-refractivity contribution in [3.63, 3.8) is 0 Å². The molecule has 0 aliphatic carbocycles. The van der Waals surface area contributed by atoms with E-state index in [9.17, 15) is 4.39 Å². The first-order chi connectivity index (χ1) is 4.18. The summed E-state index contributed by atoms with van der Waals surface area (Å²) >= 11 is 3.14. The highest BCUT2D eigenvalue weighted by Gasteiger charge is 2.09. The van der Waals surface area contributed by atoms with E-state index >= 15 is 0 Å². The average Bonchev–Trinajstić information content (AvgIpc) is 1.59. The Balaban J connectivity index is 2.74. The monoisotopic (exact) mass is 191 g/mol. The molecule has 3 heteroatoms. The van der Waals surface area contributed by atoms with E-state index in [-0.39, 0.29) is 11.9 Å². The molecule has 0 saturated carbocycles. The first kappa shape index (κ1) is 6.93. The summed E-state index contributed by atoms with van der Waals surface area (Å²) in [5.74, 6) is -0.0995. The zero-order chi connectivity index (χ0) is 6.85. The van der Waals surface area contributed by atoms with Gasteiger partial charge < -0.3 is 0 Å². The minimum atomic E-state index is -0.374. The fraction of sp³-hybridized carbons (Fsp3) is 0.500. The van der Waals surface area contributed by atoms with Gasteiger partial charge in [-0.1, -0.05) is 6.92 Å². The summed E-state index contributed by atoms with van der Waals surface area (Å²) in [7, 11) is 0. The molecule has 0 fully saturated rings. The first-order valence-electron chi connectivity index (χ1n) is 2.79. The predicted molar refractivity (Wildman–Crippen MR) is 39.3 cm³/mol. The summed E-state index contributed by atoms with van der Waals surface area (Å²) < 4.78 is 13.0. The van der Waals surface area contributed by atoms with E-state index in [4.69, 9.17) is 0 Å². The molecule has 1 aliphatic rings. The van der Waals surface area contributed by atoms with Gasteiger partial charge in [0.2, 0.25) is 5.95 Å². The van der Waals surface area contributed by atoms with Crippen LogP contribution in [0, 0.1) is 5.92 Å². The molecule has 1 heterocycles. The zero-order valence-corrected chi connectivity index (χ0v) is 6.65. The van der Waals surface area contributed by atoms with Crippen molar-refractivity contribution >= 4 is 20.6 Å². The van der Waals surface area contributed by atoms with Crippen molar-refractivity contribution in [2.24, 2.45) is 10.9 Å². The van der Waals surface area contributed by atoms with Crippen LogP contribution in [0.3, 0.4) is 0 Å². The van der Waals surface area contributed by atoms with Crippen molar-refractivity contribution in [3.05, 3.63) is 12.0 Å². The quantitative estimate of drug-likeness (QED) is 0.523. The maximum Gasteiger partial charge on any atom is 0.209 e. The topological polar surface area (TPSA) is 12.4 Å². The third-order valence-corrected chi connectivity index (χ3v) is 1.64. The Kier molecular flexibility index (Phi) is 2.01. The van der Waals surface area contributed by atoms with Gasteiger partial charge in [0, 0.05) is 6.42 Å². The van der Waals surface area contributed by atoms with Crippen LogP contribution < -0.4 is 0 Å². The number of nitrogens with zero attached hydrogens (tertiary/aromatic N) is 1. The highest BCUT2D eigenvalue weighted by molar-refractivity contribution is 9.18. The summed E-state index contributed by atoms with van der Waals surface area (Å²) in [5.41, 5.74) is 0. The van der Waals surface area contributed by atoms with Gasteiger partial charge in [-0.15, -0.1) is 0 Å². The maximum absolute atomic E-state index is 12.3. The van der Waals surface area contributed by atoms with Crippen LogP contribution in [0.5, 0.6) is 0 Å². The van der Waals surface area contributed by atoms with Gasteiger partial charge in [-0.2, -0.15) is 4.39 Å². The van der Waals surface area contributed by atoms with Crippen LogP contribution in [0.15, 0.2) is 17.0 Å². The minimum absolute atomic E-state index is 0.275. The van der Waals surface area contributed by atoms with Crippen LogP contribution in [0.25, 0.3) is 0 Å². The Bertz CT molecular complexity index is 174. The molecule has 0 bridgehead atoms. The molecule has 50 valence electrons. The standard InChI is InChI=1S/C6H7BrFN/c1-4-2-5(7)9-6(8)3-4/h3-4H,2H2,1H3. The smallest absolute Gasteiger partial charge is 0.209 e. The van der Waals surface area contributed by atoms with Gasteiger partial charge >= 0.3 is 0 Å². The number of rotatable bonds is 0. The molecule has 9 heavy (non-hydrogen) atoms. The molecule has 0 aromatic rings. The van der Waals surface area contributed by atoms with Crippen molar-refractivity contribution in [2.75, 3.05) is 0 Å². The maximum atomic E-state index is 12.3. The molecule has 0 radical (unpaired) electrons. The molecule has 0 spiro atoms. The minimum Gasteiger partial charge on any atom is -0.218 e. The Morgan fingerprint density at radius 1 is 1.89 bits per heavy atom.